The average Bonchev–Trinajstić information content (AvgIpc) is 3.08. The summed E-state index contributed by atoms with van der Waals surface area (Å²) in [6.45, 7) is 0.908. The SMILES string of the molecule is O=C(NCc1ccccc1)[C@H](Cc1ccccc1)N1Cc2ccccc2C1=O. The molecule has 0 bridgehead atoms. The van der Waals surface area contributed by atoms with Gasteiger partial charge in [0.1, 0.15) is 6.04 Å². The van der Waals surface area contributed by atoms with Gasteiger partial charge in [0.2, 0.25) is 5.91 Å². The van der Waals surface area contributed by atoms with Crippen molar-refractivity contribution in [2.24, 2.45) is 0 Å². The summed E-state index contributed by atoms with van der Waals surface area (Å²) in [6, 6.07) is 26.7. The van der Waals surface area contributed by atoms with E-state index in [2.05, 4.69) is 5.32 Å². The maximum Gasteiger partial charge on any atom is 0.255 e. The minimum absolute atomic E-state index is 0.0774. The standard InChI is InChI=1S/C24H22N2O2/c27-23(25-16-19-11-5-2-6-12-19)22(15-18-9-3-1-4-10-18)26-17-20-13-7-8-14-21(20)24(26)28/h1-14,22H,15-17H2,(H,25,27)/t22-/m0/s1. The molecule has 1 aliphatic heterocycles. The van der Waals surface area contributed by atoms with E-state index in [0.717, 1.165) is 16.7 Å². The molecule has 1 aliphatic rings. The summed E-state index contributed by atoms with van der Waals surface area (Å²) in [7, 11) is 0. The van der Waals surface area contributed by atoms with Gasteiger partial charge in [-0.25, -0.2) is 0 Å². The number of fused-ring (bicyclic) bond motifs is 1. The van der Waals surface area contributed by atoms with Crippen molar-refractivity contribution >= 4 is 11.8 Å². The van der Waals surface area contributed by atoms with Gasteiger partial charge in [-0.05, 0) is 22.8 Å². The fourth-order valence-electron chi connectivity index (χ4n) is 3.61. The molecule has 2 amide bonds. The number of amides is 2. The zero-order valence-electron chi connectivity index (χ0n) is 15.5. The first-order chi connectivity index (χ1) is 13.7. The molecule has 0 radical (unpaired) electrons. The highest BCUT2D eigenvalue weighted by atomic mass is 16.2. The van der Waals surface area contributed by atoms with Gasteiger partial charge in [0.25, 0.3) is 5.91 Å². The van der Waals surface area contributed by atoms with Crippen LogP contribution in [0, 0.1) is 0 Å². The van der Waals surface area contributed by atoms with Gasteiger partial charge < -0.3 is 10.2 Å². The van der Waals surface area contributed by atoms with Crippen molar-refractivity contribution < 1.29 is 9.59 Å². The van der Waals surface area contributed by atoms with E-state index in [9.17, 15) is 9.59 Å². The Kier molecular flexibility index (Phi) is 5.20. The van der Waals surface area contributed by atoms with Crippen LogP contribution < -0.4 is 5.32 Å². The van der Waals surface area contributed by atoms with E-state index in [4.69, 9.17) is 0 Å². The molecule has 3 aromatic carbocycles. The summed E-state index contributed by atoms with van der Waals surface area (Å²) in [5, 5.41) is 3.01. The summed E-state index contributed by atoms with van der Waals surface area (Å²) < 4.78 is 0. The molecule has 4 rings (SSSR count). The van der Waals surface area contributed by atoms with Gasteiger partial charge in [-0.1, -0.05) is 78.9 Å². The molecule has 1 atom stereocenters. The number of rotatable bonds is 6. The fraction of sp³-hybridized carbons (Fsp3) is 0.167. The molecule has 140 valence electrons. The van der Waals surface area contributed by atoms with Crippen molar-refractivity contribution in [1.29, 1.82) is 0 Å². The van der Waals surface area contributed by atoms with Crippen LogP contribution in [0.15, 0.2) is 84.9 Å². The molecule has 4 heteroatoms. The highest BCUT2D eigenvalue weighted by Gasteiger charge is 2.36. The maximum absolute atomic E-state index is 13.1. The number of hydrogen-bond acceptors (Lipinski definition) is 2. The number of carbonyl (C=O) groups excluding carboxylic acids is 2. The Morgan fingerprint density at radius 1 is 0.857 bits per heavy atom. The predicted octanol–water partition coefficient (Wildman–Crippen LogP) is 3.57. The van der Waals surface area contributed by atoms with Crippen molar-refractivity contribution in [3.05, 3.63) is 107 Å². The molecule has 0 aliphatic carbocycles. The molecule has 4 nitrogen and oxygen atoms in total. The quantitative estimate of drug-likeness (QED) is 0.721. The summed E-state index contributed by atoms with van der Waals surface area (Å²) in [4.78, 5) is 27.7. The molecular formula is C24H22N2O2. The van der Waals surface area contributed by atoms with Crippen LogP contribution >= 0.6 is 0 Å². The number of hydrogen-bond donors (Lipinski definition) is 1. The first kappa shape index (κ1) is 18.0. The smallest absolute Gasteiger partial charge is 0.255 e. The molecule has 0 saturated carbocycles. The molecule has 0 spiro atoms. The third-order valence-electron chi connectivity index (χ3n) is 5.11. The van der Waals surface area contributed by atoms with Crippen LogP contribution in [0.2, 0.25) is 0 Å². The third-order valence-corrected chi connectivity index (χ3v) is 5.11. The second-order valence-corrected chi connectivity index (χ2v) is 7.00. The van der Waals surface area contributed by atoms with E-state index in [1.54, 1.807) is 4.90 Å². The summed E-state index contributed by atoms with van der Waals surface area (Å²) in [5.41, 5.74) is 3.73. The zero-order chi connectivity index (χ0) is 19.3. The van der Waals surface area contributed by atoms with Crippen molar-refractivity contribution in [2.45, 2.75) is 25.6 Å². The lowest BCUT2D eigenvalue weighted by Crippen LogP contribution is -2.48. The van der Waals surface area contributed by atoms with E-state index in [0.29, 0.717) is 25.1 Å². The lowest BCUT2D eigenvalue weighted by molar-refractivity contribution is -0.125. The molecule has 28 heavy (non-hydrogen) atoms. The Labute approximate surface area is 164 Å². The van der Waals surface area contributed by atoms with E-state index in [1.165, 1.54) is 0 Å². The summed E-state index contributed by atoms with van der Waals surface area (Å²) >= 11 is 0. The molecule has 0 saturated heterocycles. The second-order valence-electron chi connectivity index (χ2n) is 7.00. The van der Waals surface area contributed by atoms with Crippen LogP contribution in [0.3, 0.4) is 0 Å². The Morgan fingerprint density at radius 2 is 1.46 bits per heavy atom. The average molecular weight is 370 g/mol. The zero-order valence-corrected chi connectivity index (χ0v) is 15.5. The van der Waals surface area contributed by atoms with Crippen LogP contribution in [-0.2, 0) is 24.3 Å². The number of nitrogens with one attached hydrogen (secondary N) is 1. The summed E-state index contributed by atoms with van der Waals surface area (Å²) in [6.07, 6.45) is 0.487. The predicted molar refractivity (Wildman–Crippen MR) is 109 cm³/mol. The van der Waals surface area contributed by atoms with E-state index >= 15 is 0 Å². The van der Waals surface area contributed by atoms with Crippen LogP contribution in [0.1, 0.15) is 27.0 Å². The normalized spacial score (nSPS) is 13.9. The lowest BCUT2D eigenvalue weighted by atomic mass is 10.0. The first-order valence-electron chi connectivity index (χ1n) is 9.47. The minimum Gasteiger partial charge on any atom is -0.350 e. The first-order valence-corrected chi connectivity index (χ1v) is 9.47. The Balaban J connectivity index is 1.55. The Hall–Kier alpha value is -3.40. The number of nitrogens with zero attached hydrogens (tertiary/aromatic N) is 1. The molecular weight excluding hydrogens is 348 g/mol. The van der Waals surface area contributed by atoms with Gasteiger partial charge >= 0.3 is 0 Å². The van der Waals surface area contributed by atoms with E-state index in [1.807, 2.05) is 84.9 Å². The van der Waals surface area contributed by atoms with Crippen molar-refractivity contribution in [3.8, 4) is 0 Å². The van der Waals surface area contributed by atoms with Gasteiger partial charge in [0.05, 0.1) is 0 Å². The Bertz CT molecular complexity index is 970. The topological polar surface area (TPSA) is 49.4 Å². The van der Waals surface area contributed by atoms with Gasteiger partial charge in [0.15, 0.2) is 0 Å². The van der Waals surface area contributed by atoms with Crippen molar-refractivity contribution in [3.63, 3.8) is 0 Å². The van der Waals surface area contributed by atoms with E-state index < -0.39 is 6.04 Å². The Morgan fingerprint density at radius 3 is 2.14 bits per heavy atom. The molecule has 3 aromatic rings. The second kappa shape index (κ2) is 8.09. The summed E-state index contributed by atoms with van der Waals surface area (Å²) in [5.74, 6) is -0.208. The van der Waals surface area contributed by atoms with Crippen molar-refractivity contribution in [1.82, 2.24) is 10.2 Å². The van der Waals surface area contributed by atoms with Crippen LogP contribution in [-0.4, -0.2) is 22.8 Å². The van der Waals surface area contributed by atoms with Crippen LogP contribution in [0.25, 0.3) is 0 Å². The van der Waals surface area contributed by atoms with Gasteiger partial charge in [-0.3, -0.25) is 9.59 Å². The van der Waals surface area contributed by atoms with Gasteiger partial charge in [0, 0.05) is 25.1 Å². The number of benzene rings is 3. The minimum atomic E-state index is -0.550. The fourth-order valence-corrected chi connectivity index (χ4v) is 3.61. The number of carbonyl (C=O) groups is 2. The molecule has 0 aromatic heterocycles. The molecule has 1 N–H and O–H groups in total. The molecule has 0 unspecified atom stereocenters. The van der Waals surface area contributed by atoms with Crippen LogP contribution in [0.4, 0.5) is 0 Å². The maximum atomic E-state index is 13.1. The highest BCUT2D eigenvalue weighted by molar-refractivity contribution is 6.01. The largest absolute Gasteiger partial charge is 0.350 e. The monoisotopic (exact) mass is 370 g/mol. The highest BCUT2D eigenvalue weighted by Crippen LogP contribution is 2.26. The third kappa shape index (κ3) is 3.81. The van der Waals surface area contributed by atoms with Crippen molar-refractivity contribution in [2.75, 3.05) is 0 Å². The van der Waals surface area contributed by atoms with Crippen LogP contribution in [0.5, 0.6) is 0 Å². The molecule has 1 heterocycles. The van der Waals surface area contributed by atoms with E-state index in [-0.39, 0.29) is 11.8 Å². The molecule has 0 fully saturated rings. The van der Waals surface area contributed by atoms with Gasteiger partial charge in [-0.2, -0.15) is 0 Å². The lowest BCUT2D eigenvalue weighted by Gasteiger charge is -2.27. The van der Waals surface area contributed by atoms with Gasteiger partial charge in [-0.15, -0.1) is 0 Å².